The molecular weight excluding hydrogens is 360 g/mol. The third-order valence-corrected chi connectivity index (χ3v) is 6.59. The van der Waals surface area contributed by atoms with Crippen molar-refractivity contribution in [3.63, 3.8) is 0 Å². The smallest absolute Gasteiger partial charge is 0.250 e. The van der Waals surface area contributed by atoms with Crippen molar-refractivity contribution >= 4 is 27.3 Å². The zero-order valence-electron chi connectivity index (χ0n) is 13.5. The Bertz CT molecular complexity index is 835. The predicted octanol–water partition coefficient (Wildman–Crippen LogP) is 1.45. The Morgan fingerprint density at radius 1 is 1.32 bits per heavy atom. The van der Waals surface area contributed by atoms with Gasteiger partial charge in [0.1, 0.15) is 9.96 Å². The molecule has 1 aliphatic heterocycles. The summed E-state index contributed by atoms with van der Waals surface area (Å²) in [6, 6.07) is 11.1. The number of benzene rings is 1. The Morgan fingerprint density at radius 2 is 2.16 bits per heavy atom. The molecule has 1 aromatic heterocycles. The lowest BCUT2D eigenvalue weighted by Crippen LogP contribution is -2.38. The molecule has 1 unspecified atom stereocenters. The van der Waals surface area contributed by atoms with Crippen LogP contribution in [0.1, 0.15) is 18.0 Å². The molecule has 1 aromatic carbocycles. The highest BCUT2D eigenvalue weighted by molar-refractivity contribution is 7.91. The molecule has 1 aliphatic rings. The minimum atomic E-state index is -3.46. The van der Waals surface area contributed by atoms with Crippen molar-refractivity contribution in [2.24, 2.45) is 10.7 Å². The minimum Gasteiger partial charge on any atom is -0.493 e. The number of ether oxygens (including phenoxy) is 1. The zero-order valence-corrected chi connectivity index (χ0v) is 15.1. The molecule has 9 heteroatoms. The summed E-state index contributed by atoms with van der Waals surface area (Å²) >= 11 is 1.18. The molecule has 2 heterocycles. The van der Waals surface area contributed by atoms with Crippen LogP contribution in [0.4, 0.5) is 0 Å². The van der Waals surface area contributed by atoms with Crippen LogP contribution in [0, 0.1) is 0 Å². The summed E-state index contributed by atoms with van der Waals surface area (Å²) in [7, 11) is -3.46. The van der Waals surface area contributed by atoms with Gasteiger partial charge in [-0.1, -0.05) is 24.3 Å². The summed E-state index contributed by atoms with van der Waals surface area (Å²) in [5, 5.41) is 4.90. The number of sulfonamides is 1. The average Bonchev–Trinajstić information content (AvgIpc) is 3.15. The van der Waals surface area contributed by atoms with E-state index in [1.807, 2.05) is 24.3 Å². The van der Waals surface area contributed by atoms with Crippen molar-refractivity contribution in [1.29, 1.82) is 0 Å². The van der Waals surface area contributed by atoms with Crippen molar-refractivity contribution in [2.45, 2.75) is 16.7 Å². The van der Waals surface area contributed by atoms with E-state index in [1.54, 1.807) is 17.5 Å². The number of hydrogen-bond donors (Lipinski definition) is 3. The van der Waals surface area contributed by atoms with E-state index in [0.717, 1.165) is 17.7 Å². The van der Waals surface area contributed by atoms with E-state index in [4.69, 9.17) is 10.5 Å². The highest BCUT2D eigenvalue weighted by atomic mass is 32.2. The third kappa shape index (κ3) is 4.50. The second-order valence-electron chi connectivity index (χ2n) is 5.47. The largest absolute Gasteiger partial charge is 0.493 e. The van der Waals surface area contributed by atoms with E-state index >= 15 is 0 Å². The van der Waals surface area contributed by atoms with Gasteiger partial charge in [-0.25, -0.2) is 13.1 Å². The number of para-hydroxylation sites is 1. The summed E-state index contributed by atoms with van der Waals surface area (Å²) in [6.45, 7) is 1.06. The number of hydrogen-bond acceptors (Lipinski definition) is 5. The third-order valence-electron chi connectivity index (χ3n) is 3.73. The Balaban J connectivity index is 1.52. The normalized spacial score (nSPS) is 17.6. The molecule has 0 saturated heterocycles. The summed E-state index contributed by atoms with van der Waals surface area (Å²) in [4.78, 5) is 4.19. The van der Waals surface area contributed by atoms with E-state index < -0.39 is 10.0 Å². The van der Waals surface area contributed by atoms with Crippen LogP contribution >= 0.6 is 11.3 Å². The summed E-state index contributed by atoms with van der Waals surface area (Å²) in [6.07, 6.45) is 0.790. The standard InChI is InChI=1S/C16H20N4O3S2/c17-16(18-8-9-19-25(21,22)15-6-3-11-24-15)20-13-7-10-23-14-5-2-1-4-12(13)14/h1-6,11,13,19H,7-10H2,(H3,17,18,20). The molecule has 1 atom stereocenters. The number of nitrogens with zero attached hydrogens (tertiary/aromatic N) is 1. The second kappa shape index (κ2) is 7.85. The van der Waals surface area contributed by atoms with Gasteiger partial charge in [0, 0.05) is 18.5 Å². The zero-order chi connectivity index (χ0) is 17.7. The summed E-state index contributed by atoms with van der Waals surface area (Å²) < 4.78 is 32.4. The van der Waals surface area contributed by atoms with E-state index in [1.165, 1.54) is 11.3 Å². The van der Waals surface area contributed by atoms with Gasteiger partial charge in [-0.15, -0.1) is 11.3 Å². The van der Waals surface area contributed by atoms with E-state index in [9.17, 15) is 8.42 Å². The number of guanidine groups is 1. The molecule has 134 valence electrons. The first kappa shape index (κ1) is 17.7. The fourth-order valence-electron chi connectivity index (χ4n) is 2.56. The van der Waals surface area contributed by atoms with Gasteiger partial charge < -0.3 is 15.8 Å². The second-order valence-corrected chi connectivity index (χ2v) is 8.41. The fourth-order valence-corrected chi connectivity index (χ4v) is 4.62. The van der Waals surface area contributed by atoms with Crippen molar-refractivity contribution < 1.29 is 13.2 Å². The van der Waals surface area contributed by atoms with Gasteiger partial charge in [0.2, 0.25) is 10.0 Å². The Hall–Kier alpha value is -2.10. The van der Waals surface area contributed by atoms with Crippen LogP contribution in [0.15, 0.2) is 51.0 Å². The maximum Gasteiger partial charge on any atom is 0.250 e. The highest BCUT2D eigenvalue weighted by Crippen LogP contribution is 2.31. The van der Waals surface area contributed by atoms with Crippen LogP contribution in [0.5, 0.6) is 5.75 Å². The predicted molar refractivity (Wildman–Crippen MR) is 98.4 cm³/mol. The molecule has 0 saturated carbocycles. The maximum atomic E-state index is 12.0. The lowest BCUT2D eigenvalue weighted by Gasteiger charge is -2.26. The van der Waals surface area contributed by atoms with Gasteiger partial charge in [-0.2, -0.15) is 0 Å². The Morgan fingerprint density at radius 3 is 2.96 bits per heavy atom. The molecule has 0 radical (unpaired) electrons. The molecule has 0 spiro atoms. The van der Waals surface area contributed by atoms with Crippen LogP contribution in [-0.4, -0.2) is 34.1 Å². The van der Waals surface area contributed by atoms with Crippen molar-refractivity contribution in [1.82, 2.24) is 10.0 Å². The number of nitrogens with one attached hydrogen (secondary N) is 2. The topological polar surface area (TPSA) is 106 Å². The van der Waals surface area contributed by atoms with Crippen LogP contribution < -0.4 is 20.5 Å². The van der Waals surface area contributed by atoms with Gasteiger partial charge in [0.15, 0.2) is 5.96 Å². The maximum absolute atomic E-state index is 12.0. The van der Waals surface area contributed by atoms with Crippen molar-refractivity contribution in [2.75, 3.05) is 19.7 Å². The summed E-state index contributed by atoms with van der Waals surface area (Å²) in [5.41, 5.74) is 6.98. The van der Waals surface area contributed by atoms with Gasteiger partial charge >= 0.3 is 0 Å². The number of thiophene rings is 1. The molecule has 4 N–H and O–H groups in total. The van der Waals surface area contributed by atoms with Gasteiger partial charge in [-0.3, -0.25) is 4.99 Å². The quantitative estimate of drug-likeness (QED) is 0.400. The first-order valence-corrected chi connectivity index (χ1v) is 10.2. The number of nitrogens with two attached hydrogens (primary N) is 1. The molecule has 0 fully saturated rings. The summed E-state index contributed by atoms with van der Waals surface area (Å²) in [5.74, 6) is 1.14. The average molecular weight is 380 g/mol. The van der Waals surface area contributed by atoms with E-state index in [0.29, 0.717) is 10.8 Å². The molecule has 2 aromatic rings. The van der Waals surface area contributed by atoms with E-state index in [-0.39, 0.29) is 25.1 Å². The van der Waals surface area contributed by atoms with E-state index in [2.05, 4.69) is 15.0 Å². The van der Waals surface area contributed by atoms with Crippen LogP contribution in [0.3, 0.4) is 0 Å². The molecule has 3 rings (SSSR count). The van der Waals surface area contributed by atoms with Crippen molar-refractivity contribution in [3.8, 4) is 5.75 Å². The number of aliphatic imine (C=N–C) groups is 1. The van der Waals surface area contributed by atoms with Gasteiger partial charge in [-0.05, 0) is 17.5 Å². The monoisotopic (exact) mass is 380 g/mol. The van der Waals surface area contributed by atoms with Crippen LogP contribution in [0.25, 0.3) is 0 Å². The Labute approximate surface area is 151 Å². The Kier molecular flexibility index (Phi) is 5.57. The fraction of sp³-hybridized carbons (Fsp3) is 0.312. The first-order chi connectivity index (χ1) is 12.1. The lowest BCUT2D eigenvalue weighted by atomic mass is 10.0. The SMILES string of the molecule is NC(=NCCNS(=O)(=O)c1cccs1)NC1CCOc2ccccc21. The van der Waals surface area contributed by atoms with Crippen molar-refractivity contribution in [3.05, 3.63) is 47.3 Å². The number of fused-ring (bicyclic) bond motifs is 1. The lowest BCUT2D eigenvalue weighted by molar-refractivity contribution is 0.262. The van der Waals surface area contributed by atoms with Crippen LogP contribution in [0.2, 0.25) is 0 Å². The van der Waals surface area contributed by atoms with Gasteiger partial charge in [0.25, 0.3) is 0 Å². The van der Waals surface area contributed by atoms with Gasteiger partial charge in [0.05, 0.1) is 19.2 Å². The molecule has 0 amide bonds. The number of rotatable bonds is 6. The molecular formula is C16H20N4O3S2. The molecule has 0 aliphatic carbocycles. The molecule has 0 bridgehead atoms. The molecule has 7 nitrogen and oxygen atoms in total. The van der Waals surface area contributed by atoms with Crippen LogP contribution in [-0.2, 0) is 10.0 Å². The minimum absolute atomic E-state index is 0.0384. The first-order valence-electron chi connectivity index (χ1n) is 7.87. The molecule has 25 heavy (non-hydrogen) atoms. The highest BCUT2D eigenvalue weighted by Gasteiger charge is 2.21.